The predicted octanol–water partition coefficient (Wildman–Crippen LogP) is 1.17. The number of nitrogen functional groups attached to an aromatic ring is 1. The molecule has 0 saturated carbocycles. The molecule has 2 rings (SSSR count). The Kier molecular flexibility index (Phi) is 3.15. The lowest BCUT2D eigenvalue weighted by Crippen LogP contribution is -2.14. The van der Waals surface area contributed by atoms with Gasteiger partial charge in [-0.15, -0.1) is 0 Å². The minimum Gasteiger partial charge on any atom is -0.399 e. The van der Waals surface area contributed by atoms with Crippen LogP contribution in [-0.4, -0.2) is 18.4 Å². The van der Waals surface area contributed by atoms with E-state index in [1.165, 1.54) is 36.7 Å². The molecule has 0 atom stereocenters. The minimum atomic E-state index is -3.65. The van der Waals surface area contributed by atoms with Gasteiger partial charge in [0.15, 0.2) is 5.82 Å². The minimum absolute atomic E-state index is 0.124. The summed E-state index contributed by atoms with van der Waals surface area (Å²) in [6, 6.07) is 5.91. The van der Waals surface area contributed by atoms with E-state index < -0.39 is 10.0 Å². The van der Waals surface area contributed by atoms with Gasteiger partial charge in [-0.2, -0.15) is 0 Å². The topological polar surface area (TPSA) is 98.0 Å². The highest BCUT2D eigenvalue weighted by atomic mass is 32.2. The average molecular weight is 264 g/mol. The summed E-state index contributed by atoms with van der Waals surface area (Å²) in [5.74, 6) is 0.178. The summed E-state index contributed by atoms with van der Waals surface area (Å²) >= 11 is 0. The molecule has 94 valence electrons. The van der Waals surface area contributed by atoms with E-state index in [1.807, 2.05) is 0 Å². The number of aromatic nitrogens is 2. The maximum atomic E-state index is 12.0. The van der Waals surface area contributed by atoms with E-state index >= 15 is 0 Å². The van der Waals surface area contributed by atoms with Crippen LogP contribution in [0.3, 0.4) is 0 Å². The first-order chi connectivity index (χ1) is 8.47. The first kappa shape index (κ1) is 12.3. The molecule has 7 heteroatoms. The van der Waals surface area contributed by atoms with E-state index in [2.05, 4.69) is 14.7 Å². The summed E-state index contributed by atoms with van der Waals surface area (Å²) in [5.41, 5.74) is 6.72. The fraction of sp³-hybridized carbons (Fsp3) is 0.0909. The summed E-state index contributed by atoms with van der Waals surface area (Å²) in [5, 5.41) is 0. The molecule has 0 aliphatic heterocycles. The number of nitrogens with two attached hydrogens (primary N) is 1. The van der Waals surface area contributed by atoms with Crippen LogP contribution < -0.4 is 10.5 Å². The van der Waals surface area contributed by atoms with Crippen LogP contribution in [0.25, 0.3) is 0 Å². The van der Waals surface area contributed by atoms with E-state index in [9.17, 15) is 8.42 Å². The maximum Gasteiger partial charge on any atom is 0.263 e. The highest BCUT2D eigenvalue weighted by molar-refractivity contribution is 7.92. The number of anilines is 2. The molecule has 1 aromatic carbocycles. The Bertz CT molecular complexity index is 636. The second kappa shape index (κ2) is 4.61. The lowest BCUT2D eigenvalue weighted by molar-refractivity contribution is 0.601. The summed E-state index contributed by atoms with van der Waals surface area (Å²) in [4.78, 5) is 8.01. The lowest BCUT2D eigenvalue weighted by Gasteiger charge is -2.07. The predicted molar refractivity (Wildman–Crippen MR) is 68.4 cm³/mol. The van der Waals surface area contributed by atoms with Crippen LogP contribution in [0.2, 0.25) is 0 Å². The molecule has 0 bridgehead atoms. The normalized spacial score (nSPS) is 11.2. The van der Waals surface area contributed by atoms with E-state index in [0.29, 0.717) is 11.4 Å². The van der Waals surface area contributed by atoms with Gasteiger partial charge in [0.2, 0.25) is 0 Å². The molecular weight excluding hydrogens is 252 g/mol. The molecule has 0 saturated heterocycles. The molecule has 0 aliphatic rings. The van der Waals surface area contributed by atoms with E-state index in [1.54, 1.807) is 6.92 Å². The number of hydrogen-bond acceptors (Lipinski definition) is 5. The monoisotopic (exact) mass is 264 g/mol. The van der Waals surface area contributed by atoms with Crippen LogP contribution in [0, 0.1) is 6.92 Å². The largest absolute Gasteiger partial charge is 0.399 e. The van der Waals surface area contributed by atoms with Crippen LogP contribution in [-0.2, 0) is 10.0 Å². The molecule has 1 heterocycles. The van der Waals surface area contributed by atoms with E-state index in [0.717, 1.165) is 0 Å². The molecule has 0 amide bonds. The van der Waals surface area contributed by atoms with Gasteiger partial charge in [0.25, 0.3) is 10.0 Å². The van der Waals surface area contributed by atoms with Gasteiger partial charge >= 0.3 is 0 Å². The van der Waals surface area contributed by atoms with Crippen molar-refractivity contribution in [2.24, 2.45) is 0 Å². The molecule has 0 radical (unpaired) electrons. The van der Waals surface area contributed by atoms with E-state index in [4.69, 9.17) is 5.73 Å². The fourth-order valence-corrected chi connectivity index (χ4v) is 2.28. The molecule has 2 aromatic rings. The number of rotatable bonds is 3. The zero-order chi connectivity index (χ0) is 13.2. The number of nitrogens with zero attached hydrogens (tertiary/aromatic N) is 2. The standard InChI is InChI=1S/C11H12N4O2S/c1-8-6-14-11(7-13-8)15-18(16,17)10-4-2-9(12)3-5-10/h2-7H,12H2,1H3,(H,14,15). The summed E-state index contributed by atoms with van der Waals surface area (Å²) in [6.45, 7) is 1.77. The first-order valence-corrected chi connectivity index (χ1v) is 6.63. The van der Waals surface area contributed by atoms with Crippen LogP contribution in [0.5, 0.6) is 0 Å². The number of nitrogens with one attached hydrogen (secondary N) is 1. The lowest BCUT2D eigenvalue weighted by atomic mass is 10.3. The SMILES string of the molecule is Cc1cnc(NS(=O)(=O)c2ccc(N)cc2)cn1. The van der Waals surface area contributed by atoms with E-state index in [-0.39, 0.29) is 10.7 Å². The Morgan fingerprint density at radius 2 is 1.78 bits per heavy atom. The highest BCUT2D eigenvalue weighted by Crippen LogP contribution is 2.15. The Morgan fingerprint density at radius 3 is 2.33 bits per heavy atom. The van der Waals surface area contributed by atoms with Crippen molar-refractivity contribution in [3.8, 4) is 0 Å². The molecule has 0 spiro atoms. The highest BCUT2D eigenvalue weighted by Gasteiger charge is 2.14. The third-order valence-corrected chi connectivity index (χ3v) is 3.58. The van der Waals surface area contributed by atoms with Gasteiger partial charge in [-0.25, -0.2) is 13.4 Å². The third-order valence-electron chi connectivity index (χ3n) is 2.21. The molecular formula is C11H12N4O2S. The summed E-state index contributed by atoms with van der Waals surface area (Å²) < 4.78 is 26.3. The van der Waals surface area contributed by atoms with Gasteiger partial charge < -0.3 is 5.73 Å². The van der Waals surface area contributed by atoms with Crippen LogP contribution >= 0.6 is 0 Å². The average Bonchev–Trinajstić information content (AvgIpc) is 2.32. The number of hydrogen-bond donors (Lipinski definition) is 2. The van der Waals surface area contributed by atoms with Gasteiger partial charge in [-0.1, -0.05) is 0 Å². The van der Waals surface area contributed by atoms with Crippen molar-refractivity contribution in [1.82, 2.24) is 9.97 Å². The second-order valence-electron chi connectivity index (χ2n) is 3.72. The van der Waals surface area contributed by atoms with Crippen molar-refractivity contribution in [3.63, 3.8) is 0 Å². The Morgan fingerprint density at radius 1 is 1.11 bits per heavy atom. The molecule has 18 heavy (non-hydrogen) atoms. The van der Waals surface area contributed by atoms with Gasteiger partial charge in [-0.3, -0.25) is 9.71 Å². The summed E-state index contributed by atoms with van der Waals surface area (Å²) in [7, 11) is -3.65. The molecule has 0 unspecified atom stereocenters. The Labute approximate surface area is 105 Å². The quantitative estimate of drug-likeness (QED) is 0.811. The second-order valence-corrected chi connectivity index (χ2v) is 5.40. The molecule has 0 aliphatic carbocycles. The molecule has 6 nitrogen and oxygen atoms in total. The van der Waals surface area contributed by atoms with Crippen LogP contribution in [0.1, 0.15) is 5.69 Å². The van der Waals surface area contributed by atoms with Gasteiger partial charge in [-0.05, 0) is 31.2 Å². The number of aryl methyl sites for hydroxylation is 1. The Balaban J connectivity index is 2.27. The van der Waals surface area contributed by atoms with Gasteiger partial charge in [0.1, 0.15) is 0 Å². The van der Waals surface area contributed by atoms with Crippen molar-refractivity contribution >= 4 is 21.5 Å². The van der Waals surface area contributed by atoms with Gasteiger partial charge in [0.05, 0.1) is 23.0 Å². The van der Waals surface area contributed by atoms with Crippen LogP contribution in [0.4, 0.5) is 11.5 Å². The van der Waals surface area contributed by atoms with Crippen LogP contribution in [0.15, 0.2) is 41.6 Å². The third kappa shape index (κ3) is 2.75. The number of benzene rings is 1. The van der Waals surface area contributed by atoms with Gasteiger partial charge in [0, 0.05) is 5.69 Å². The molecule has 1 aromatic heterocycles. The zero-order valence-electron chi connectivity index (χ0n) is 9.66. The van der Waals surface area contributed by atoms with Crippen molar-refractivity contribution < 1.29 is 8.42 Å². The zero-order valence-corrected chi connectivity index (χ0v) is 10.5. The summed E-state index contributed by atoms with van der Waals surface area (Å²) in [6.07, 6.45) is 2.85. The number of sulfonamides is 1. The van der Waals surface area contributed by atoms with Crippen molar-refractivity contribution in [1.29, 1.82) is 0 Å². The maximum absolute atomic E-state index is 12.0. The smallest absolute Gasteiger partial charge is 0.263 e. The Hall–Kier alpha value is -2.15. The fourth-order valence-electron chi connectivity index (χ4n) is 1.29. The van der Waals surface area contributed by atoms with Crippen molar-refractivity contribution in [3.05, 3.63) is 42.4 Å². The molecule has 0 fully saturated rings. The van der Waals surface area contributed by atoms with Crippen molar-refractivity contribution in [2.45, 2.75) is 11.8 Å². The molecule has 3 N–H and O–H groups in total. The first-order valence-electron chi connectivity index (χ1n) is 5.14. The van der Waals surface area contributed by atoms with Crippen molar-refractivity contribution in [2.75, 3.05) is 10.5 Å².